The smallest absolute Gasteiger partial charge is 0.124 e. The van der Waals surface area contributed by atoms with Crippen molar-refractivity contribution in [1.82, 2.24) is 0 Å². The van der Waals surface area contributed by atoms with Crippen LogP contribution in [0.25, 0.3) is 0 Å². The molecule has 0 fully saturated rings. The fourth-order valence-electron chi connectivity index (χ4n) is 1.99. The molecule has 0 aromatic heterocycles. The van der Waals surface area contributed by atoms with Crippen LogP contribution in [-0.4, -0.2) is 12.9 Å². The standard InChI is InChI=1S/C15H16BrN3/c1-10-4-3-5-12(8-10)19(2)14-7-6-11(16)9-13(14)15(17)18/h3-9H,1-2H3,(H3,17,18). The first-order chi connectivity index (χ1) is 8.99. The molecule has 0 radical (unpaired) electrons. The molecule has 0 aliphatic rings. The maximum Gasteiger partial charge on any atom is 0.124 e. The molecule has 19 heavy (non-hydrogen) atoms. The highest BCUT2D eigenvalue weighted by molar-refractivity contribution is 9.10. The minimum absolute atomic E-state index is 0.0656. The van der Waals surface area contributed by atoms with E-state index in [4.69, 9.17) is 11.1 Å². The average molecular weight is 318 g/mol. The van der Waals surface area contributed by atoms with Gasteiger partial charge in [0.25, 0.3) is 0 Å². The number of benzene rings is 2. The van der Waals surface area contributed by atoms with Crippen LogP contribution < -0.4 is 10.6 Å². The van der Waals surface area contributed by atoms with Crippen molar-refractivity contribution in [2.24, 2.45) is 5.73 Å². The average Bonchev–Trinajstić information content (AvgIpc) is 2.37. The van der Waals surface area contributed by atoms with Gasteiger partial charge in [0.15, 0.2) is 0 Å². The Morgan fingerprint density at radius 3 is 2.58 bits per heavy atom. The lowest BCUT2D eigenvalue weighted by Crippen LogP contribution is -2.18. The zero-order valence-electron chi connectivity index (χ0n) is 10.9. The van der Waals surface area contributed by atoms with E-state index in [1.54, 1.807) is 0 Å². The first-order valence-electron chi connectivity index (χ1n) is 5.93. The lowest BCUT2D eigenvalue weighted by Gasteiger charge is -2.23. The summed E-state index contributed by atoms with van der Waals surface area (Å²) >= 11 is 3.41. The minimum Gasteiger partial charge on any atom is -0.384 e. The third-order valence-electron chi connectivity index (χ3n) is 3.00. The highest BCUT2D eigenvalue weighted by Crippen LogP contribution is 2.29. The lowest BCUT2D eigenvalue weighted by atomic mass is 10.1. The number of aryl methyl sites for hydroxylation is 1. The highest BCUT2D eigenvalue weighted by atomic mass is 79.9. The Labute approximate surface area is 121 Å². The second-order valence-corrected chi connectivity index (χ2v) is 5.39. The van der Waals surface area contributed by atoms with Gasteiger partial charge in [-0.3, -0.25) is 5.41 Å². The fraction of sp³-hybridized carbons (Fsp3) is 0.133. The van der Waals surface area contributed by atoms with Crippen LogP contribution in [0.2, 0.25) is 0 Å². The van der Waals surface area contributed by atoms with Crippen LogP contribution in [0, 0.1) is 12.3 Å². The van der Waals surface area contributed by atoms with Gasteiger partial charge >= 0.3 is 0 Å². The summed E-state index contributed by atoms with van der Waals surface area (Å²) in [4.78, 5) is 2.04. The molecule has 0 saturated heterocycles. The molecule has 2 rings (SSSR count). The van der Waals surface area contributed by atoms with Crippen LogP contribution in [0.15, 0.2) is 46.9 Å². The minimum atomic E-state index is 0.0656. The van der Waals surface area contributed by atoms with Crippen molar-refractivity contribution in [2.45, 2.75) is 6.92 Å². The van der Waals surface area contributed by atoms with Crippen molar-refractivity contribution in [2.75, 3.05) is 11.9 Å². The van der Waals surface area contributed by atoms with Crippen molar-refractivity contribution in [1.29, 1.82) is 5.41 Å². The second-order valence-electron chi connectivity index (χ2n) is 4.47. The van der Waals surface area contributed by atoms with E-state index in [0.717, 1.165) is 21.4 Å². The Morgan fingerprint density at radius 2 is 1.95 bits per heavy atom. The predicted molar refractivity (Wildman–Crippen MR) is 84.4 cm³/mol. The number of nitrogens with two attached hydrogens (primary N) is 1. The van der Waals surface area contributed by atoms with Gasteiger partial charge in [-0.2, -0.15) is 0 Å². The maximum absolute atomic E-state index is 7.70. The molecule has 0 bridgehead atoms. The fourth-order valence-corrected chi connectivity index (χ4v) is 2.35. The van der Waals surface area contributed by atoms with Gasteiger partial charge in [0, 0.05) is 22.8 Å². The van der Waals surface area contributed by atoms with Gasteiger partial charge in [0.1, 0.15) is 5.84 Å². The van der Waals surface area contributed by atoms with Crippen molar-refractivity contribution < 1.29 is 0 Å². The largest absolute Gasteiger partial charge is 0.384 e. The second kappa shape index (κ2) is 5.45. The molecule has 3 nitrogen and oxygen atoms in total. The molecule has 2 aromatic carbocycles. The molecule has 0 aliphatic carbocycles. The van der Waals surface area contributed by atoms with E-state index in [0.29, 0.717) is 0 Å². The van der Waals surface area contributed by atoms with Gasteiger partial charge in [0.05, 0.1) is 5.69 Å². The van der Waals surface area contributed by atoms with Crippen molar-refractivity contribution >= 4 is 33.1 Å². The van der Waals surface area contributed by atoms with Gasteiger partial charge in [-0.25, -0.2) is 0 Å². The molecular weight excluding hydrogens is 302 g/mol. The van der Waals surface area contributed by atoms with E-state index < -0.39 is 0 Å². The van der Waals surface area contributed by atoms with Crippen molar-refractivity contribution in [3.8, 4) is 0 Å². The Morgan fingerprint density at radius 1 is 1.21 bits per heavy atom. The summed E-state index contributed by atoms with van der Waals surface area (Å²) in [5.74, 6) is 0.0656. The van der Waals surface area contributed by atoms with Crippen LogP contribution in [0.1, 0.15) is 11.1 Å². The number of nitrogens with zero attached hydrogens (tertiary/aromatic N) is 1. The van der Waals surface area contributed by atoms with Gasteiger partial charge in [-0.05, 0) is 42.8 Å². The summed E-state index contributed by atoms with van der Waals surface area (Å²) in [6.45, 7) is 2.06. The van der Waals surface area contributed by atoms with E-state index in [-0.39, 0.29) is 5.84 Å². The number of nitrogens with one attached hydrogen (secondary N) is 1. The molecule has 0 amide bonds. The number of hydrogen-bond acceptors (Lipinski definition) is 2. The summed E-state index contributed by atoms with van der Waals surface area (Å²) in [6.07, 6.45) is 0. The Hall–Kier alpha value is -1.81. The van der Waals surface area contributed by atoms with E-state index in [2.05, 4.69) is 35.0 Å². The third-order valence-corrected chi connectivity index (χ3v) is 3.49. The molecule has 0 heterocycles. The number of rotatable bonds is 3. The Kier molecular flexibility index (Phi) is 3.90. The number of anilines is 2. The first-order valence-corrected chi connectivity index (χ1v) is 6.72. The zero-order valence-corrected chi connectivity index (χ0v) is 12.5. The number of halogens is 1. The van der Waals surface area contributed by atoms with Crippen LogP contribution in [0.4, 0.5) is 11.4 Å². The van der Waals surface area contributed by atoms with E-state index >= 15 is 0 Å². The lowest BCUT2D eigenvalue weighted by molar-refractivity contribution is 1.19. The summed E-state index contributed by atoms with van der Waals surface area (Å²) in [6, 6.07) is 14.0. The van der Waals surface area contributed by atoms with E-state index in [1.807, 2.05) is 42.3 Å². The number of hydrogen-bond donors (Lipinski definition) is 2. The van der Waals surface area contributed by atoms with Gasteiger partial charge in [-0.1, -0.05) is 28.1 Å². The van der Waals surface area contributed by atoms with Gasteiger partial charge in [-0.15, -0.1) is 0 Å². The molecule has 3 N–H and O–H groups in total. The molecule has 98 valence electrons. The summed E-state index contributed by atoms with van der Waals surface area (Å²) in [5, 5.41) is 7.70. The molecule has 0 unspecified atom stereocenters. The van der Waals surface area contributed by atoms with Crippen LogP contribution >= 0.6 is 15.9 Å². The van der Waals surface area contributed by atoms with E-state index in [9.17, 15) is 0 Å². The first kappa shape index (κ1) is 13.6. The molecule has 4 heteroatoms. The Balaban J connectivity index is 2.49. The van der Waals surface area contributed by atoms with Crippen molar-refractivity contribution in [3.05, 3.63) is 58.1 Å². The number of nitrogen functional groups attached to an aromatic ring is 1. The topological polar surface area (TPSA) is 53.1 Å². The maximum atomic E-state index is 7.70. The molecule has 2 aromatic rings. The molecule has 0 aliphatic heterocycles. The Bertz CT molecular complexity index is 623. The SMILES string of the molecule is Cc1cccc(N(C)c2ccc(Br)cc2C(=N)N)c1. The van der Waals surface area contributed by atoms with Crippen LogP contribution in [0.3, 0.4) is 0 Å². The number of amidine groups is 1. The predicted octanol–water partition coefficient (Wildman–Crippen LogP) is 3.81. The zero-order chi connectivity index (χ0) is 14.0. The summed E-state index contributed by atoms with van der Waals surface area (Å²) in [7, 11) is 1.98. The van der Waals surface area contributed by atoms with Gasteiger partial charge < -0.3 is 10.6 Å². The van der Waals surface area contributed by atoms with Gasteiger partial charge in [0.2, 0.25) is 0 Å². The summed E-state index contributed by atoms with van der Waals surface area (Å²) in [5.41, 5.74) is 9.58. The monoisotopic (exact) mass is 317 g/mol. The highest BCUT2D eigenvalue weighted by Gasteiger charge is 2.12. The van der Waals surface area contributed by atoms with Crippen LogP contribution in [-0.2, 0) is 0 Å². The molecule has 0 spiro atoms. The normalized spacial score (nSPS) is 10.3. The van der Waals surface area contributed by atoms with Crippen molar-refractivity contribution in [3.63, 3.8) is 0 Å². The molecule has 0 atom stereocenters. The quantitative estimate of drug-likeness (QED) is 0.668. The molecule has 0 saturated carbocycles. The summed E-state index contributed by atoms with van der Waals surface area (Å²) < 4.78 is 0.916. The van der Waals surface area contributed by atoms with Crippen LogP contribution in [0.5, 0.6) is 0 Å². The third kappa shape index (κ3) is 2.96. The van der Waals surface area contributed by atoms with E-state index in [1.165, 1.54) is 5.56 Å². The molecular formula is C15H16BrN3.